The topological polar surface area (TPSA) is 38.3 Å². The van der Waals surface area contributed by atoms with Crippen LogP contribution in [0.25, 0.3) is 0 Å². The average Bonchev–Trinajstić information content (AvgIpc) is 2.57. The number of halogens is 11. The summed E-state index contributed by atoms with van der Waals surface area (Å²) in [5.41, 5.74) is 0. The van der Waals surface area contributed by atoms with Crippen LogP contribution in [-0.2, 0) is 9.53 Å². The first-order chi connectivity index (χ1) is 13.4. The molecule has 0 aromatic carbocycles. The zero-order valence-corrected chi connectivity index (χ0v) is 15.8. The van der Waals surface area contributed by atoms with Gasteiger partial charge in [0.2, 0.25) is 0 Å². The van der Waals surface area contributed by atoms with Gasteiger partial charge in [-0.1, -0.05) is 51.9 Å². The van der Waals surface area contributed by atoms with Crippen molar-refractivity contribution in [3.63, 3.8) is 0 Å². The highest BCUT2D eigenvalue weighted by Gasteiger charge is 2.79. The summed E-state index contributed by atoms with van der Waals surface area (Å²) in [6, 6.07) is 0. The van der Waals surface area contributed by atoms with Gasteiger partial charge in [0.25, 0.3) is 5.91 Å². The second kappa shape index (κ2) is 10.8. The summed E-state index contributed by atoms with van der Waals surface area (Å²) < 4.78 is 142. The van der Waals surface area contributed by atoms with E-state index in [0.29, 0.717) is 12.8 Å². The van der Waals surface area contributed by atoms with Crippen molar-refractivity contribution in [2.45, 2.75) is 88.5 Å². The Hall–Kier alpha value is -1.34. The standard InChI is InChI=1S/C16H22F11NO2/c1-2-3-4-5-6-7-8-9-10-28-11(29)12(17,14(20,21)22)30-16(26,27)13(18,19)15(23,24)25/h2-10H2,1H3,(H,28,29). The highest BCUT2D eigenvalue weighted by atomic mass is 19.4. The number of ether oxygens (including phenoxy) is 1. The maximum absolute atomic E-state index is 13.9. The van der Waals surface area contributed by atoms with E-state index in [1.807, 2.05) is 6.92 Å². The smallest absolute Gasteiger partial charge is 0.351 e. The van der Waals surface area contributed by atoms with Gasteiger partial charge < -0.3 is 5.32 Å². The summed E-state index contributed by atoms with van der Waals surface area (Å²) in [5.74, 6) is -16.3. The molecule has 0 fully saturated rings. The first kappa shape index (κ1) is 28.7. The summed E-state index contributed by atoms with van der Waals surface area (Å²) in [7, 11) is 0. The van der Waals surface area contributed by atoms with Gasteiger partial charge in [-0.2, -0.15) is 48.3 Å². The molecule has 0 aromatic rings. The number of rotatable bonds is 13. The Balaban J connectivity index is 4.97. The normalized spacial score (nSPS) is 15.7. The van der Waals surface area contributed by atoms with Crippen molar-refractivity contribution >= 4 is 5.91 Å². The fraction of sp³-hybridized carbons (Fsp3) is 0.938. The zero-order valence-electron chi connectivity index (χ0n) is 15.8. The van der Waals surface area contributed by atoms with Crippen LogP contribution < -0.4 is 5.32 Å². The molecular weight excluding hydrogens is 447 g/mol. The molecule has 0 radical (unpaired) electrons. The van der Waals surface area contributed by atoms with Crippen LogP contribution in [0.15, 0.2) is 0 Å². The van der Waals surface area contributed by atoms with Crippen molar-refractivity contribution in [2.75, 3.05) is 6.54 Å². The van der Waals surface area contributed by atoms with Crippen molar-refractivity contribution < 1.29 is 57.8 Å². The molecule has 0 spiro atoms. The number of nitrogens with one attached hydrogen (secondary N) is 1. The summed E-state index contributed by atoms with van der Waals surface area (Å²) in [4.78, 5) is 11.4. The van der Waals surface area contributed by atoms with Crippen LogP contribution in [0.5, 0.6) is 0 Å². The van der Waals surface area contributed by atoms with Gasteiger partial charge in [-0.15, -0.1) is 0 Å². The van der Waals surface area contributed by atoms with Gasteiger partial charge >= 0.3 is 30.2 Å². The Morgan fingerprint density at radius 1 is 0.700 bits per heavy atom. The van der Waals surface area contributed by atoms with Crippen LogP contribution >= 0.6 is 0 Å². The predicted molar refractivity (Wildman–Crippen MR) is 82.5 cm³/mol. The number of amides is 1. The minimum atomic E-state index is -7.19. The molecule has 0 aliphatic rings. The molecular formula is C16H22F11NO2. The van der Waals surface area contributed by atoms with Gasteiger partial charge in [0.1, 0.15) is 0 Å². The van der Waals surface area contributed by atoms with Gasteiger partial charge in [0.05, 0.1) is 0 Å². The second-order valence-electron chi connectivity index (χ2n) is 6.51. The summed E-state index contributed by atoms with van der Waals surface area (Å²) in [6.07, 6.45) is -15.2. The lowest BCUT2D eigenvalue weighted by Crippen LogP contribution is -2.63. The molecule has 30 heavy (non-hydrogen) atoms. The minimum Gasteiger partial charge on any atom is -0.351 e. The van der Waals surface area contributed by atoms with Gasteiger partial charge in [-0.25, -0.2) is 0 Å². The van der Waals surface area contributed by atoms with Crippen molar-refractivity contribution in [1.29, 1.82) is 0 Å². The summed E-state index contributed by atoms with van der Waals surface area (Å²) in [5, 5.41) is 1.24. The number of alkyl halides is 11. The molecule has 1 amide bonds. The Labute approximate surface area is 165 Å². The quantitative estimate of drug-likeness (QED) is 0.255. The van der Waals surface area contributed by atoms with E-state index in [9.17, 15) is 53.1 Å². The Morgan fingerprint density at radius 3 is 1.53 bits per heavy atom. The predicted octanol–water partition coefficient (Wildman–Crippen LogP) is 6.28. The molecule has 1 unspecified atom stereocenters. The molecule has 0 saturated heterocycles. The molecule has 0 aliphatic carbocycles. The van der Waals surface area contributed by atoms with Crippen molar-refractivity contribution in [3.05, 3.63) is 0 Å². The van der Waals surface area contributed by atoms with E-state index in [1.54, 1.807) is 0 Å². The monoisotopic (exact) mass is 469 g/mol. The SMILES string of the molecule is CCCCCCCCCCNC(=O)C(F)(OC(F)(F)C(F)(F)C(F)(F)F)C(F)(F)F. The second-order valence-corrected chi connectivity index (χ2v) is 6.51. The van der Waals surface area contributed by atoms with Crippen LogP contribution in [-0.4, -0.2) is 42.7 Å². The molecule has 0 aliphatic heterocycles. The maximum Gasteiger partial charge on any atom is 0.462 e. The first-order valence-corrected chi connectivity index (χ1v) is 9.00. The van der Waals surface area contributed by atoms with Crippen molar-refractivity contribution in [3.8, 4) is 0 Å². The van der Waals surface area contributed by atoms with Crippen LogP contribution in [0.3, 0.4) is 0 Å². The lowest BCUT2D eigenvalue weighted by molar-refractivity contribution is -0.472. The van der Waals surface area contributed by atoms with Crippen LogP contribution in [0, 0.1) is 0 Å². The lowest BCUT2D eigenvalue weighted by Gasteiger charge is -2.34. The van der Waals surface area contributed by atoms with E-state index in [-0.39, 0.29) is 6.42 Å². The third-order valence-electron chi connectivity index (χ3n) is 3.96. The maximum atomic E-state index is 13.9. The van der Waals surface area contributed by atoms with Crippen LogP contribution in [0.1, 0.15) is 58.3 Å². The van der Waals surface area contributed by atoms with Gasteiger partial charge in [-0.05, 0) is 6.42 Å². The van der Waals surface area contributed by atoms with E-state index < -0.39 is 42.7 Å². The average molecular weight is 469 g/mol. The van der Waals surface area contributed by atoms with Gasteiger partial charge in [0, 0.05) is 6.54 Å². The Morgan fingerprint density at radius 2 is 1.13 bits per heavy atom. The largest absolute Gasteiger partial charge is 0.462 e. The number of hydrogen-bond acceptors (Lipinski definition) is 2. The molecule has 0 aromatic heterocycles. The van der Waals surface area contributed by atoms with Gasteiger partial charge in [0.15, 0.2) is 0 Å². The minimum absolute atomic E-state index is 0.0114. The van der Waals surface area contributed by atoms with Crippen molar-refractivity contribution in [1.82, 2.24) is 5.32 Å². The molecule has 0 heterocycles. The third kappa shape index (κ3) is 7.41. The summed E-state index contributed by atoms with van der Waals surface area (Å²) >= 11 is 0. The van der Waals surface area contributed by atoms with Crippen LogP contribution in [0.2, 0.25) is 0 Å². The number of hydrogen-bond donors (Lipinski definition) is 1. The van der Waals surface area contributed by atoms with E-state index in [2.05, 4.69) is 4.74 Å². The lowest BCUT2D eigenvalue weighted by atomic mass is 10.1. The number of carbonyl (C=O) groups is 1. The zero-order chi connectivity index (χ0) is 23.9. The van der Waals surface area contributed by atoms with E-state index in [0.717, 1.165) is 32.1 Å². The Bertz CT molecular complexity index is 534. The van der Waals surface area contributed by atoms with E-state index >= 15 is 0 Å². The Kier molecular flexibility index (Phi) is 10.3. The molecule has 0 saturated carbocycles. The third-order valence-corrected chi connectivity index (χ3v) is 3.96. The highest BCUT2D eigenvalue weighted by molar-refractivity contribution is 5.84. The summed E-state index contributed by atoms with van der Waals surface area (Å²) in [6.45, 7) is 1.33. The van der Waals surface area contributed by atoms with Gasteiger partial charge in [-0.3, -0.25) is 9.53 Å². The first-order valence-electron chi connectivity index (χ1n) is 9.00. The fourth-order valence-corrected chi connectivity index (χ4v) is 2.21. The molecule has 14 heteroatoms. The molecule has 0 rings (SSSR count). The molecule has 1 atom stereocenters. The molecule has 0 bridgehead atoms. The molecule has 180 valence electrons. The van der Waals surface area contributed by atoms with Crippen LogP contribution in [0.4, 0.5) is 48.3 Å². The number of carbonyl (C=O) groups excluding carboxylic acids is 1. The number of unbranched alkanes of at least 4 members (excludes halogenated alkanes) is 7. The molecule has 3 nitrogen and oxygen atoms in total. The molecule has 1 N–H and O–H groups in total. The van der Waals surface area contributed by atoms with E-state index in [1.165, 1.54) is 5.32 Å². The fourth-order valence-electron chi connectivity index (χ4n) is 2.21. The van der Waals surface area contributed by atoms with Crippen molar-refractivity contribution in [2.24, 2.45) is 0 Å². The van der Waals surface area contributed by atoms with E-state index in [4.69, 9.17) is 0 Å². The highest BCUT2D eigenvalue weighted by Crippen LogP contribution is 2.50.